The third kappa shape index (κ3) is 2.75. The molecule has 6 nitrogen and oxygen atoms in total. The van der Waals surface area contributed by atoms with E-state index in [-0.39, 0.29) is 30.8 Å². The first-order valence-corrected chi connectivity index (χ1v) is 6.37. The van der Waals surface area contributed by atoms with Gasteiger partial charge < -0.3 is 19.6 Å². The van der Waals surface area contributed by atoms with Gasteiger partial charge in [0.1, 0.15) is 6.54 Å². The Labute approximate surface area is 106 Å². The van der Waals surface area contributed by atoms with Gasteiger partial charge in [0, 0.05) is 19.7 Å². The van der Waals surface area contributed by atoms with Crippen LogP contribution in [0.1, 0.15) is 26.2 Å². The molecule has 102 valence electrons. The zero-order valence-electron chi connectivity index (χ0n) is 10.8. The summed E-state index contributed by atoms with van der Waals surface area (Å²) in [6, 6.07) is -0.0385. The van der Waals surface area contributed by atoms with Crippen LogP contribution in [0.15, 0.2) is 0 Å². The van der Waals surface area contributed by atoms with Crippen LogP contribution in [0.5, 0.6) is 0 Å². The average molecular weight is 256 g/mol. The fraction of sp³-hybridized carbons (Fsp3) is 0.833. The summed E-state index contributed by atoms with van der Waals surface area (Å²) in [5.74, 6) is -0.959. The van der Waals surface area contributed by atoms with Crippen LogP contribution in [0.25, 0.3) is 0 Å². The van der Waals surface area contributed by atoms with E-state index in [0.29, 0.717) is 6.61 Å². The lowest BCUT2D eigenvalue weighted by Gasteiger charge is -2.32. The standard InChI is InChI=1S/C12H20N2O4/c1-8-10(5-6-18-8)13(2)12(17)14(7-11(15)16)9-3-4-9/h8-10H,3-7H2,1-2H3,(H,15,16). The van der Waals surface area contributed by atoms with Crippen LogP contribution < -0.4 is 0 Å². The van der Waals surface area contributed by atoms with Gasteiger partial charge in [0.2, 0.25) is 0 Å². The number of ether oxygens (including phenoxy) is 1. The SMILES string of the molecule is CC1OCCC1N(C)C(=O)N(CC(=O)O)C1CC1. The lowest BCUT2D eigenvalue weighted by molar-refractivity contribution is -0.137. The summed E-state index contributed by atoms with van der Waals surface area (Å²) in [4.78, 5) is 26.2. The number of likely N-dealkylation sites (N-methyl/N-ethyl adjacent to an activating group) is 1. The van der Waals surface area contributed by atoms with Crippen molar-refractivity contribution in [2.45, 2.75) is 44.4 Å². The number of carboxylic acids is 1. The number of carbonyl (C=O) groups excluding carboxylic acids is 1. The van der Waals surface area contributed by atoms with E-state index in [1.807, 2.05) is 6.92 Å². The van der Waals surface area contributed by atoms with Gasteiger partial charge >= 0.3 is 12.0 Å². The summed E-state index contributed by atoms with van der Waals surface area (Å²) in [7, 11) is 1.73. The maximum Gasteiger partial charge on any atom is 0.323 e. The third-order valence-electron chi connectivity index (χ3n) is 3.67. The minimum atomic E-state index is -0.959. The van der Waals surface area contributed by atoms with Crippen molar-refractivity contribution in [3.05, 3.63) is 0 Å². The maximum atomic E-state index is 12.3. The van der Waals surface area contributed by atoms with Gasteiger partial charge in [-0.2, -0.15) is 0 Å². The number of carboxylic acid groups (broad SMARTS) is 1. The van der Waals surface area contributed by atoms with Crippen LogP contribution in [0, 0.1) is 0 Å². The van der Waals surface area contributed by atoms with Crippen molar-refractivity contribution < 1.29 is 19.4 Å². The normalized spacial score (nSPS) is 27.0. The van der Waals surface area contributed by atoms with E-state index in [2.05, 4.69) is 0 Å². The van der Waals surface area contributed by atoms with Gasteiger partial charge in [-0.15, -0.1) is 0 Å². The molecule has 6 heteroatoms. The Bertz CT molecular complexity index is 343. The molecule has 0 bridgehead atoms. The Morgan fingerprint density at radius 2 is 2.00 bits per heavy atom. The van der Waals surface area contributed by atoms with Gasteiger partial charge in [-0.25, -0.2) is 4.79 Å². The number of aliphatic carboxylic acids is 1. The first-order chi connectivity index (χ1) is 8.50. The van der Waals surface area contributed by atoms with Crippen LogP contribution in [0.4, 0.5) is 4.79 Å². The molecule has 1 aliphatic heterocycles. The number of urea groups is 1. The summed E-state index contributed by atoms with van der Waals surface area (Å²) >= 11 is 0. The van der Waals surface area contributed by atoms with E-state index in [0.717, 1.165) is 19.3 Å². The van der Waals surface area contributed by atoms with E-state index in [4.69, 9.17) is 9.84 Å². The molecule has 0 aromatic rings. The summed E-state index contributed by atoms with van der Waals surface area (Å²) in [5, 5.41) is 8.87. The minimum absolute atomic E-state index is 0.0184. The number of rotatable bonds is 4. The van der Waals surface area contributed by atoms with Crippen LogP contribution in [-0.4, -0.2) is 65.3 Å². The quantitative estimate of drug-likeness (QED) is 0.806. The second-order valence-corrected chi connectivity index (χ2v) is 5.08. The second kappa shape index (κ2) is 5.14. The van der Waals surface area contributed by atoms with Crippen LogP contribution in [0.2, 0.25) is 0 Å². The Balaban J connectivity index is 2.00. The molecule has 2 rings (SSSR count). The van der Waals surface area contributed by atoms with E-state index >= 15 is 0 Å². The van der Waals surface area contributed by atoms with Gasteiger partial charge in [-0.1, -0.05) is 0 Å². The van der Waals surface area contributed by atoms with Crippen LogP contribution in [-0.2, 0) is 9.53 Å². The molecule has 0 aromatic heterocycles. The van der Waals surface area contributed by atoms with Crippen molar-refractivity contribution in [2.24, 2.45) is 0 Å². The van der Waals surface area contributed by atoms with Gasteiger partial charge in [-0.05, 0) is 26.2 Å². The Morgan fingerprint density at radius 1 is 1.33 bits per heavy atom. The number of carbonyl (C=O) groups is 2. The van der Waals surface area contributed by atoms with Gasteiger partial charge in [0.05, 0.1) is 12.1 Å². The molecule has 1 aliphatic carbocycles. The first-order valence-electron chi connectivity index (χ1n) is 6.37. The lowest BCUT2D eigenvalue weighted by Crippen LogP contribution is -2.50. The Kier molecular flexibility index (Phi) is 3.75. The molecule has 0 spiro atoms. The summed E-state index contributed by atoms with van der Waals surface area (Å²) < 4.78 is 5.44. The molecule has 2 aliphatic rings. The molecule has 2 atom stereocenters. The molecule has 1 saturated carbocycles. The molecule has 2 amide bonds. The monoisotopic (exact) mass is 256 g/mol. The highest BCUT2D eigenvalue weighted by Gasteiger charge is 2.39. The molecule has 18 heavy (non-hydrogen) atoms. The fourth-order valence-corrected chi connectivity index (χ4v) is 2.46. The zero-order chi connectivity index (χ0) is 13.3. The highest BCUT2D eigenvalue weighted by Crippen LogP contribution is 2.29. The van der Waals surface area contributed by atoms with Crippen molar-refractivity contribution in [1.29, 1.82) is 0 Å². The van der Waals surface area contributed by atoms with Crippen molar-refractivity contribution in [2.75, 3.05) is 20.2 Å². The van der Waals surface area contributed by atoms with Crippen LogP contribution >= 0.6 is 0 Å². The van der Waals surface area contributed by atoms with Crippen LogP contribution in [0.3, 0.4) is 0 Å². The molecular weight excluding hydrogens is 236 g/mol. The number of hydrogen-bond acceptors (Lipinski definition) is 3. The van der Waals surface area contributed by atoms with E-state index < -0.39 is 5.97 Å². The largest absolute Gasteiger partial charge is 0.480 e. The minimum Gasteiger partial charge on any atom is -0.480 e. The van der Waals surface area contributed by atoms with Gasteiger partial charge in [0.25, 0.3) is 0 Å². The molecule has 1 heterocycles. The van der Waals surface area contributed by atoms with Crippen molar-refractivity contribution in [3.63, 3.8) is 0 Å². The molecule has 0 radical (unpaired) electrons. The average Bonchev–Trinajstić information content (AvgIpc) is 3.06. The van der Waals surface area contributed by atoms with E-state index in [1.54, 1.807) is 11.9 Å². The molecule has 2 fully saturated rings. The topological polar surface area (TPSA) is 70.1 Å². The maximum absolute atomic E-state index is 12.3. The summed E-state index contributed by atoms with van der Waals surface area (Å²) in [6.07, 6.45) is 2.65. The number of amides is 2. The molecule has 1 N–H and O–H groups in total. The lowest BCUT2D eigenvalue weighted by atomic mass is 10.1. The molecule has 2 unspecified atom stereocenters. The highest BCUT2D eigenvalue weighted by molar-refractivity contribution is 5.81. The highest BCUT2D eigenvalue weighted by atomic mass is 16.5. The summed E-state index contributed by atoms with van der Waals surface area (Å²) in [5.41, 5.74) is 0. The first kappa shape index (κ1) is 13.1. The smallest absolute Gasteiger partial charge is 0.323 e. The Morgan fingerprint density at radius 3 is 2.44 bits per heavy atom. The van der Waals surface area contributed by atoms with Crippen molar-refractivity contribution >= 4 is 12.0 Å². The molecule has 0 aromatic carbocycles. The number of nitrogens with zero attached hydrogens (tertiary/aromatic N) is 2. The van der Waals surface area contributed by atoms with E-state index in [9.17, 15) is 9.59 Å². The predicted molar refractivity (Wildman–Crippen MR) is 64.3 cm³/mol. The predicted octanol–water partition coefficient (Wildman–Crippen LogP) is 0.765. The fourth-order valence-electron chi connectivity index (χ4n) is 2.46. The third-order valence-corrected chi connectivity index (χ3v) is 3.67. The number of hydrogen-bond donors (Lipinski definition) is 1. The van der Waals surface area contributed by atoms with Crippen molar-refractivity contribution in [1.82, 2.24) is 9.80 Å². The van der Waals surface area contributed by atoms with Gasteiger partial charge in [-0.3, -0.25) is 4.79 Å². The Hall–Kier alpha value is -1.30. The molecule has 1 saturated heterocycles. The molecular formula is C12H20N2O4. The van der Waals surface area contributed by atoms with Gasteiger partial charge in [0.15, 0.2) is 0 Å². The van der Waals surface area contributed by atoms with Crippen molar-refractivity contribution in [3.8, 4) is 0 Å². The summed E-state index contributed by atoms with van der Waals surface area (Å²) in [6.45, 7) is 2.39. The van der Waals surface area contributed by atoms with E-state index in [1.165, 1.54) is 4.90 Å². The zero-order valence-corrected chi connectivity index (χ0v) is 10.8. The second-order valence-electron chi connectivity index (χ2n) is 5.08.